The fourth-order valence-corrected chi connectivity index (χ4v) is 4.39. The Bertz CT molecular complexity index is 1090. The minimum Gasteiger partial charge on any atom is -0.381 e. The zero-order valence-electron chi connectivity index (χ0n) is 20.4. The van der Waals surface area contributed by atoms with Gasteiger partial charge in [0, 0.05) is 49.5 Å². The molecular weight excluding hydrogens is 454 g/mol. The second-order valence-electron chi connectivity index (χ2n) is 9.97. The van der Waals surface area contributed by atoms with Gasteiger partial charge in [-0.25, -0.2) is 9.97 Å². The van der Waals surface area contributed by atoms with Crippen LogP contribution in [0.2, 0.25) is 5.02 Å². The third-order valence-corrected chi connectivity index (χ3v) is 6.95. The van der Waals surface area contributed by atoms with Gasteiger partial charge in [0.25, 0.3) is 5.91 Å². The molecule has 2 aliphatic heterocycles. The number of fused-ring (bicyclic) bond motifs is 1. The summed E-state index contributed by atoms with van der Waals surface area (Å²) in [5.41, 5.74) is 2.44. The van der Waals surface area contributed by atoms with Crippen LogP contribution in [-0.2, 0) is 16.1 Å². The van der Waals surface area contributed by atoms with Crippen molar-refractivity contribution in [3.05, 3.63) is 40.5 Å². The van der Waals surface area contributed by atoms with Crippen LogP contribution in [0.4, 0.5) is 5.95 Å². The molecule has 0 spiro atoms. The standard InChI is InChI=1S/C25H32ClN5O3/c1-15(22(32)30(5)25(2,3)4)31-14-17-7-6-16(12-19(17)23(31)33)21-20(26)13-27-24(29-21)28-18-8-10-34-11-9-18/h6-7,12-13,15,18H,8-11,14H2,1-5H3,(H,27,28,29)/t15-/m1/s1. The predicted molar refractivity (Wildman–Crippen MR) is 132 cm³/mol. The highest BCUT2D eigenvalue weighted by molar-refractivity contribution is 6.33. The molecule has 182 valence electrons. The summed E-state index contributed by atoms with van der Waals surface area (Å²) >= 11 is 6.44. The summed E-state index contributed by atoms with van der Waals surface area (Å²) in [5, 5.41) is 3.77. The second-order valence-corrected chi connectivity index (χ2v) is 10.4. The first-order valence-electron chi connectivity index (χ1n) is 11.6. The van der Waals surface area contributed by atoms with E-state index in [2.05, 4.69) is 15.3 Å². The van der Waals surface area contributed by atoms with E-state index in [1.54, 1.807) is 30.0 Å². The number of ether oxygens (including phenoxy) is 1. The quantitative estimate of drug-likeness (QED) is 0.689. The molecule has 1 N–H and O–H groups in total. The highest BCUT2D eigenvalue weighted by Gasteiger charge is 2.37. The topological polar surface area (TPSA) is 87.7 Å². The van der Waals surface area contributed by atoms with Crippen LogP contribution in [0.15, 0.2) is 24.4 Å². The monoisotopic (exact) mass is 485 g/mol. The summed E-state index contributed by atoms with van der Waals surface area (Å²) in [6.07, 6.45) is 3.37. The number of halogens is 1. The van der Waals surface area contributed by atoms with E-state index in [0.29, 0.717) is 42.0 Å². The zero-order valence-corrected chi connectivity index (χ0v) is 21.1. The Morgan fingerprint density at radius 1 is 1.29 bits per heavy atom. The number of hydrogen-bond donors (Lipinski definition) is 1. The van der Waals surface area contributed by atoms with E-state index in [1.165, 1.54) is 0 Å². The molecule has 1 aromatic carbocycles. The number of nitrogens with zero attached hydrogens (tertiary/aromatic N) is 4. The zero-order chi connectivity index (χ0) is 24.6. The molecule has 4 rings (SSSR count). The summed E-state index contributed by atoms with van der Waals surface area (Å²) in [6, 6.07) is 5.33. The van der Waals surface area contributed by atoms with E-state index >= 15 is 0 Å². The number of benzene rings is 1. The molecule has 0 aliphatic carbocycles. The molecule has 0 bridgehead atoms. The average Bonchev–Trinajstić information content (AvgIpc) is 3.14. The molecule has 2 amide bonds. The molecule has 2 aromatic rings. The number of rotatable bonds is 5. The minimum atomic E-state index is -0.564. The first kappa shape index (κ1) is 24.4. The first-order valence-corrected chi connectivity index (χ1v) is 12.0. The van der Waals surface area contributed by atoms with Gasteiger partial charge in [0.1, 0.15) is 6.04 Å². The summed E-state index contributed by atoms with van der Waals surface area (Å²) in [6.45, 7) is 9.53. The van der Waals surface area contributed by atoms with Gasteiger partial charge < -0.3 is 19.9 Å². The number of nitrogens with one attached hydrogen (secondary N) is 1. The predicted octanol–water partition coefficient (Wildman–Crippen LogP) is 3.99. The van der Waals surface area contributed by atoms with E-state index in [4.69, 9.17) is 16.3 Å². The van der Waals surface area contributed by atoms with Gasteiger partial charge in [0.15, 0.2) is 0 Å². The summed E-state index contributed by atoms with van der Waals surface area (Å²) in [5.74, 6) is 0.256. The van der Waals surface area contributed by atoms with Crippen molar-refractivity contribution >= 4 is 29.4 Å². The Balaban J connectivity index is 1.56. The molecule has 8 nitrogen and oxygen atoms in total. The second kappa shape index (κ2) is 9.50. The Morgan fingerprint density at radius 2 is 2.00 bits per heavy atom. The molecular formula is C25H32ClN5O3. The van der Waals surface area contributed by atoms with Gasteiger partial charge in [-0.05, 0) is 52.2 Å². The molecule has 0 saturated carbocycles. The lowest BCUT2D eigenvalue weighted by molar-refractivity contribution is -0.138. The smallest absolute Gasteiger partial charge is 0.255 e. The fourth-order valence-electron chi connectivity index (χ4n) is 4.19. The number of carbonyl (C=O) groups excluding carboxylic acids is 2. The molecule has 34 heavy (non-hydrogen) atoms. The van der Waals surface area contributed by atoms with Crippen LogP contribution >= 0.6 is 11.6 Å². The van der Waals surface area contributed by atoms with Crippen LogP contribution in [0.5, 0.6) is 0 Å². The fraction of sp³-hybridized carbons (Fsp3) is 0.520. The van der Waals surface area contributed by atoms with Crippen molar-refractivity contribution < 1.29 is 14.3 Å². The normalized spacial score (nSPS) is 17.5. The van der Waals surface area contributed by atoms with Crippen molar-refractivity contribution in [2.45, 2.75) is 64.7 Å². The molecule has 1 fully saturated rings. The number of likely N-dealkylation sites (N-methyl/N-ethyl adjacent to an activating group) is 1. The molecule has 0 radical (unpaired) electrons. The van der Waals surface area contributed by atoms with E-state index in [9.17, 15) is 9.59 Å². The Morgan fingerprint density at radius 3 is 2.68 bits per heavy atom. The maximum atomic E-state index is 13.3. The van der Waals surface area contributed by atoms with Crippen molar-refractivity contribution in [1.82, 2.24) is 19.8 Å². The van der Waals surface area contributed by atoms with Gasteiger partial charge in [0.05, 0.1) is 16.9 Å². The van der Waals surface area contributed by atoms with Gasteiger partial charge in [-0.2, -0.15) is 0 Å². The number of anilines is 1. The van der Waals surface area contributed by atoms with Gasteiger partial charge in [-0.3, -0.25) is 9.59 Å². The van der Waals surface area contributed by atoms with Crippen molar-refractivity contribution in [2.24, 2.45) is 0 Å². The number of carbonyl (C=O) groups is 2. The van der Waals surface area contributed by atoms with Gasteiger partial charge >= 0.3 is 0 Å². The van der Waals surface area contributed by atoms with Crippen molar-refractivity contribution in [1.29, 1.82) is 0 Å². The maximum Gasteiger partial charge on any atom is 0.255 e. The summed E-state index contributed by atoms with van der Waals surface area (Å²) < 4.78 is 5.41. The minimum absolute atomic E-state index is 0.0865. The lowest BCUT2D eigenvalue weighted by Crippen LogP contribution is -2.51. The summed E-state index contributed by atoms with van der Waals surface area (Å²) in [4.78, 5) is 38.5. The highest BCUT2D eigenvalue weighted by atomic mass is 35.5. The molecule has 9 heteroatoms. The lowest BCUT2D eigenvalue weighted by Gasteiger charge is -2.36. The number of hydrogen-bond acceptors (Lipinski definition) is 6. The molecule has 0 unspecified atom stereocenters. The van der Waals surface area contributed by atoms with Crippen LogP contribution in [0.1, 0.15) is 56.5 Å². The number of aromatic nitrogens is 2. The van der Waals surface area contributed by atoms with Crippen LogP contribution in [-0.4, -0.2) is 69.5 Å². The Hall–Kier alpha value is -2.71. The third kappa shape index (κ3) is 4.88. The highest BCUT2D eigenvalue weighted by Crippen LogP contribution is 2.33. The van der Waals surface area contributed by atoms with Crippen molar-refractivity contribution in [2.75, 3.05) is 25.6 Å². The van der Waals surface area contributed by atoms with Gasteiger partial charge in [-0.1, -0.05) is 23.7 Å². The van der Waals surface area contributed by atoms with Crippen LogP contribution < -0.4 is 5.32 Å². The van der Waals surface area contributed by atoms with Crippen LogP contribution in [0, 0.1) is 0 Å². The van der Waals surface area contributed by atoms with E-state index in [0.717, 1.165) is 24.0 Å². The maximum absolute atomic E-state index is 13.3. The van der Waals surface area contributed by atoms with Crippen molar-refractivity contribution in [3.8, 4) is 11.3 Å². The van der Waals surface area contributed by atoms with Gasteiger partial charge in [0.2, 0.25) is 11.9 Å². The van der Waals surface area contributed by atoms with Crippen LogP contribution in [0.3, 0.4) is 0 Å². The average molecular weight is 486 g/mol. The van der Waals surface area contributed by atoms with Gasteiger partial charge in [-0.15, -0.1) is 0 Å². The lowest BCUT2D eigenvalue weighted by atomic mass is 10.0. The molecule has 3 heterocycles. The first-order chi connectivity index (χ1) is 16.1. The molecule has 1 saturated heterocycles. The molecule has 1 atom stereocenters. The van der Waals surface area contributed by atoms with E-state index in [1.807, 2.05) is 39.0 Å². The largest absolute Gasteiger partial charge is 0.381 e. The van der Waals surface area contributed by atoms with E-state index < -0.39 is 6.04 Å². The van der Waals surface area contributed by atoms with Crippen molar-refractivity contribution in [3.63, 3.8) is 0 Å². The SMILES string of the molecule is C[C@H](C(=O)N(C)C(C)(C)C)N1Cc2ccc(-c3nc(NC4CCOCC4)ncc3Cl)cc2C1=O. The van der Waals surface area contributed by atoms with Crippen LogP contribution in [0.25, 0.3) is 11.3 Å². The summed E-state index contributed by atoms with van der Waals surface area (Å²) in [7, 11) is 1.77. The Labute approximate surface area is 205 Å². The molecule has 1 aromatic heterocycles. The third-order valence-electron chi connectivity index (χ3n) is 6.68. The molecule has 2 aliphatic rings. The number of amides is 2. The Kier molecular flexibility index (Phi) is 6.82. The van der Waals surface area contributed by atoms with E-state index in [-0.39, 0.29) is 23.4 Å².